The van der Waals surface area contributed by atoms with Crippen LogP contribution in [0.1, 0.15) is 17.3 Å². The molecule has 0 bridgehead atoms. The largest absolute Gasteiger partial charge is 0.494 e. The first-order chi connectivity index (χ1) is 11.7. The number of carbonyl (C=O) groups is 1. The summed E-state index contributed by atoms with van der Waals surface area (Å²) < 4.78 is 10.6. The zero-order chi connectivity index (χ0) is 16.9. The third kappa shape index (κ3) is 3.38. The van der Waals surface area contributed by atoms with E-state index in [1.54, 1.807) is 18.2 Å². The van der Waals surface area contributed by atoms with Gasteiger partial charge in [0.05, 0.1) is 17.9 Å². The summed E-state index contributed by atoms with van der Waals surface area (Å²) in [6, 6.07) is 15.4. The number of hydrazine groups is 1. The van der Waals surface area contributed by atoms with Crippen LogP contribution in [-0.4, -0.2) is 12.5 Å². The molecule has 0 saturated carbocycles. The molecule has 1 aromatic heterocycles. The highest BCUT2D eigenvalue weighted by Crippen LogP contribution is 2.22. The Balaban J connectivity index is 1.90. The van der Waals surface area contributed by atoms with Crippen LogP contribution in [0.25, 0.3) is 11.0 Å². The van der Waals surface area contributed by atoms with Crippen molar-refractivity contribution in [1.29, 1.82) is 0 Å². The van der Waals surface area contributed by atoms with Gasteiger partial charge in [0, 0.05) is 17.5 Å². The zero-order valence-electron chi connectivity index (χ0n) is 13.0. The van der Waals surface area contributed by atoms with Crippen LogP contribution < -0.4 is 21.2 Å². The van der Waals surface area contributed by atoms with E-state index in [1.165, 1.54) is 6.07 Å². The van der Waals surface area contributed by atoms with Gasteiger partial charge in [0.1, 0.15) is 11.3 Å². The molecule has 3 rings (SSSR count). The molecular weight excluding hydrogens is 308 g/mol. The van der Waals surface area contributed by atoms with Gasteiger partial charge in [0.2, 0.25) is 0 Å². The monoisotopic (exact) mass is 324 g/mol. The molecule has 2 aromatic carbocycles. The van der Waals surface area contributed by atoms with Gasteiger partial charge in [0.25, 0.3) is 5.91 Å². The van der Waals surface area contributed by atoms with E-state index in [0.717, 1.165) is 5.69 Å². The molecule has 0 unspecified atom stereocenters. The molecule has 122 valence electrons. The Morgan fingerprint density at radius 1 is 1.12 bits per heavy atom. The predicted octanol–water partition coefficient (Wildman–Crippen LogP) is 2.95. The summed E-state index contributed by atoms with van der Waals surface area (Å²) in [5, 5.41) is 0.533. The fraction of sp³-hybridized carbons (Fsp3) is 0.111. The molecule has 0 fully saturated rings. The second-order valence-corrected chi connectivity index (χ2v) is 5.02. The van der Waals surface area contributed by atoms with Gasteiger partial charge in [-0.05, 0) is 31.2 Å². The molecule has 6 nitrogen and oxygen atoms in total. The maximum absolute atomic E-state index is 12.4. The van der Waals surface area contributed by atoms with Gasteiger partial charge in [-0.25, -0.2) is 4.79 Å². The van der Waals surface area contributed by atoms with Crippen LogP contribution in [0.2, 0.25) is 0 Å². The molecule has 0 radical (unpaired) electrons. The lowest BCUT2D eigenvalue weighted by Crippen LogP contribution is -2.30. The SMILES string of the molecule is CCOc1ccc2c(C(=O)NNc3ccccc3)cc(=O)oc2c1. The average molecular weight is 324 g/mol. The van der Waals surface area contributed by atoms with Crippen molar-refractivity contribution >= 4 is 22.6 Å². The first-order valence-corrected chi connectivity index (χ1v) is 7.49. The smallest absolute Gasteiger partial charge is 0.337 e. The lowest BCUT2D eigenvalue weighted by Gasteiger charge is -2.10. The summed E-state index contributed by atoms with van der Waals surface area (Å²) in [5.41, 5.74) is 6.05. The van der Waals surface area contributed by atoms with Gasteiger partial charge in [-0.3, -0.25) is 15.6 Å². The van der Waals surface area contributed by atoms with Crippen LogP contribution in [0.15, 0.2) is 63.8 Å². The van der Waals surface area contributed by atoms with Gasteiger partial charge in [-0.2, -0.15) is 0 Å². The third-order valence-corrected chi connectivity index (χ3v) is 3.37. The number of fused-ring (bicyclic) bond motifs is 1. The van der Waals surface area contributed by atoms with Crippen LogP contribution in [0, 0.1) is 0 Å². The number of nitrogens with one attached hydrogen (secondary N) is 2. The number of amides is 1. The maximum Gasteiger partial charge on any atom is 0.337 e. The Kier molecular flexibility index (Phi) is 4.47. The molecule has 3 aromatic rings. The Hall–Kier alpha value is -3.28. The summed E-state index contributed by atoms with van der Waals surface area (Å²) in [5.74, 6) is 0.147. The average Bonchev–Trinajstić information content (AvgIpc) is 2.60. The number of benzene rings is 2. The van der Waals surface area contributed by atoms with E-state index in [-0.39, 0.29) is 5.56 Å². The highest BCUT2D eigenvalue weighted by Gasteiger charge is 2.13. The molecule has 0 aliphatic heterocycles. The fourth-order valence-electron chi connectivity index (χ4n) is 2.31. The minimum atomic E-state index is -0.596. The Labute approximate surface area is 138 Å². The quantitative estimate of drug-likeness (QED) is 0.557. The van der Waals surface area contributed by atoms with Crippen molar-refractivity contribution in [2.75, 3.05) is 12.0 Å². The van der Waals surface area contributed by atoms with Gasteiger partial charge < -0.3 is 9.15 Å². The Morgan fingerprint density at radius 3 is 2.67 bits per heavy atom. The summed E-state index contributed by atoms with van der Waals surface area (Å²) in [6.07, 6.45) is 0. The van der Waals surface area contributed by atoms with Crippen LogP contribution >= 0.6 is 0 Å². The summed E-state index contributed by atoms with van der Waals surface area (Å²) >= 11 is 0. The van der Waals surface area contributed by atoms with Crippen molar-refractivity contribution in [2.24, 2.45) is 0 Å². The van der Waals surface area contributed by atoms with E-state index >= 15 is 0 Å². The molecule has 1 amide bonds. The van der Waals surface area contributed by atoms with Crippen molar-refractivity contribution in [2.45, 2.75) is 6.92 Å². The second-order valence-electron chi connectivity index (χ2n) is 5.02. The van der Waals surface area contributed by atoms with Gasteiger partial charge in [-0.15, -0.1) is 0 Å². The van der Waals surface area contributed by atoms with E-state index in [0.29, 0.717) is 23.3 Å². The molecule has 0 aliphatic carbocycles. The van der Waals surface area contributed by atoms with E-state index in [2.05, 4.69) is 10.9 Å². The minimum Gasteiger partial charge on any atom is -0.494 e. The summed E-state index contributed by atoms with van der Waals surface area (Å²) in [7, 11) is 0. The molecule has 0 aliphatic rings. The number of anilines is 1. The normalized spacial score (nSPS) is 10.4. The summed E-state index contributed by atoms with van der Waals surface area (Å²) in [4.78, 5) is 24.2. The minimum absolute atomic E-state index is 0.229. The molecule has 0 spiro atoms. The highest BCUT2D eigenvalue weighted by molar-refractivity contribution is 6.06. The Morgan fingerprint density at radius 2 is 1.92 bits per heavy atom. The number of hydrogen-bond acceptors (Lipinski definition) is 5. The molecule has 6 heteroatoms. The Bertz CT molecular complexity index is 919. The molecule has 0 atom stereocenters. The summed E-state index contributed by atoms with van der Waals surface area (Å²) in [6.45, 7) is 2.36. The topological polar surface area (TPSA) is 80.6 Å². The van der Waals surface area contributed by atoms with E-state index < -0.39 is 11.5 Å². The first kappa shape index (κ1) is 15.6. The lowest BCUT2D eigenvalue weighted by molar-refractivity contribution is 0.0963. The second kappa shape index (κ2) is 6.87. The third-order valence-electron chi connectivity index (χ3n) is 3.37. The molecule has 24 heavy (non-hydrogen) atoms. The molecule has 2 N–H and O–H groups in total. The number of carbonyl (C=O) groups excluding carboxylic acids is 1. The number of hydrogen-bond donors (Lipinski definition) is 2. The molecule has 1 heterocycles. The van der Waals surface area contributed by atoms with Crippen LogP contribution in [0.4, 0.5) is 5.69 Å². The van der Waals surface area contributed by atoms with Crippen LogP contribution in [0.5, 0.6) is 5.75 Å². The highest BCUT2D eigenvalue weighted by atomic mass is 16.5. The van der Waals surface area contributed by atoms with Crippen molar-refractivity contribution in [1.82, 2.24) is 5.43 Å². The zero-order valence-corrected chi connectivity index (χ0v) is 13.0. The van der Waals surface area contributed by atoms with Gasteiger partial charge in [0.15, 0.2) is 0 Å². The fourth-order valence-corrected chi connectivity index (χ4v) is 2.31. The molecular formula is C18H16N2O4. The van der Waals surface area contributed by atoms with Crippen LogP contribution in [0.3, 0.4) is 0 Å². The van der Waals surface area contributed by atoms with E-state index in [1.807, 2.05) is 37.3 Å². The number of para-hydroxylation sites is 1. The maximum atomic E-state index is 12.4. The van der Waals surface area contributed by atoms with Crippen molar-refractivity contribution in [3.05, 3.63) is 70.6 Å². The van der Waals surface area contributed by atoms with Gasteiger partial charge in [-0.1, -0.05) is 18.2 Å². The lowest BCUT2D eigenvalue weighted by atomic mass is 10.1. The van der Waals surface area contributed by atoms with Crippen molar-refractivity contribution in [3.63, 3.8) is 0 Å². The predicted molar refractivity (Wildman–Crippen MR) is 91.2 cm³/mol. The van der Waals surface area contributed by atoms with Gasteiger partial charge >= 0.3 is 5.63 Å². The van der Waals surface area contributed by atoms with Crippen molar-refractivity contribution in [3.8, 4) is 5.75 Å². The van der Waals surface area contributed by atoms with E-state index in [4.69, 9.17) is 9.15 Å². The van der Waals surface area contributed by atoms with E-state index in [9.17, 15) is 9.59 Å². The number of ether oxygens (including phenoxy) is 1. The number of rotatable bonds is 5. The first-order valence-electron chi connectivity index (χ1n) is 7.49. The van der Waals surface area contributed by atoms with Crippen LogP contribution in [-0.2, 0) is 0 Å². The van der Waals surface area contributed by atoms with Crippen molar-refractivity contribution < 1.29 is 13.9 Å². The standard InChI is InChI=1S/C18H16N2O4/c1-2-23-13-8-9-14-15(11-17(21)24-16(14)10-13)18(22)20-19-12-6-4-3-5-7-12/h3-11,19H,2H2,1H3,(H,20,22). The molecule has 0 saturated heterocycles.